The summed E-state index contributed by atoms with van der Waals surface area (Å²) in [6, 6.07) is 2.11. The monoisotopic (exact) mass is 292 g/mol. The normalized spacial score (nSPS) is 16.3. The van der Waals surface area contributed by atoms with E-state index in [0.717, 1.165) is 12.8 Å². The molecule has 1 aromatic rings. The Kier molecular flexibility index (Phi) is 4.55. The number of hydrogen-bond acceptors (Lipinski definition) is 3. The van der Waals surface area contributed by atoms with Crippen molar-refractivity contribution in [2.24, 2.45) is 0 Å². The second-order valence-corrected chi connectivity index (χ2v) is 5.93. The Labute approximate surface area is 125 Å². The highest BCUT2D eigenvalue weighted by atomic mass is 16.2. The minimum atomic E-state index is -0.0127. The van der Waals surface area contributed by atoms with Crippen LogP contribution < -0.4 is 11.1 Å². The molecule has 2 rings (SSSR count). The van der Waals surface area contributed by atoms with Gasteiger partial charge in [0, 0.05) is 38.3 Å². The maximum Gasteiger partial charge on any atom is 0.270 e. The minimum Gasteiger partial charge on any atom is -0.397 e. The molecule has 1 fully saturated rings. The van der Waals surface area contributed by atoms with Gasteiger partial charge in [0.05, 0.1) is 5.69 Å². The summed E-state index contributed by atoms with van der Waals surface area (Å²) >= 11 is 0. The fraction of sp³-hybridized carbons (Fsp3) is 0.600. The Bertz CT molecular complexity index is 528. The number of nitrogens with two attached hydrogens (primary N) is 1. The summed E-state index contributed by atoms with van der Waals surface area (Å²) in [5.74, 6) is 0.00269. The molecule has 1 aliphatic heterocycles. The van der Waals surface area contributed by atoms with Gasteiger partial charge in [-0.05, 0) is 32.8 Å². The first-order valence-corrected chi connectivity index (χ1v) is 7.42. The second kappa shape index (κ2) is 6.20. The highest BCUT2D eigenvalue weighted by Crippen LogP contribution is 2.20. The largest absolute Gasteiger partial charge is 0.397 e. The second-order valence-electron chi connectivity index (χ2n) is 5.93. The number of nitrogens with one attached hydrogen (secondary N) is 1. The quantitative estimate of drug-likeness (QED) is 0.883. The van der Waals surface area contributed by atoms with Crippen LogP contribution in [0.3, 0.4) is 0 Å². The number of piperidine rings is 1. The first-order valence-electron chi connectivity index (χ1n) is 7.42. The van der Waals surface area contributed by atoms with Crippen LogP contribution in [-0.4, -0.2) is 40.4 Å². The van der Waals surface area contributed by atoms with Gasteiger partial charge in [-0.3, -0.25) is 9.59 Å². The maximum atomic E-state index is 12.6. The van der Waals surface area contributed by atoms with Crippen LogP contribution >= 0.6 is 0 Å². The van der Waals surface area contributed by atoms with Gasteiger partial charge >= 0.3 is 0 Å². The number of likely N-dealkylation sites (tertiary alicyclic amines) is 1. The number of carbonyl (C=O) groups excluding carboxylic acids is 2. The van der Waals surface area contributed by atoms with Gasteiger partial charge in [-0.1, -0.05) is 0 Å². The third-order valence-corrected chi connectivity index (χ3v) is 3.83. The summed E-state index contributed by atoms with van der Waals surface area (Å²) in [6.45, 7) is 6.90. The molecule has 1 aliphatic rings. The van der Waals surface area contributed by atoms with Crippen LogP contribution in [0.25, 0.3) is 0 Å². The number of aromatic nitrogens is 1. The van der Waals surface area contributed by atoms with E-state index in [2.05, 4.69) is 5.32 Å². The van der Waals surface area contributed by atoms with Crippen LogP contribution in [0.2, 0.25) is 0 Å². The van der Waals surface area contributed by atoms with E-state index in [1.54, 1.807) is 6.07 Å². The van der Waals surface area contributed by atoms with Crippen LogP contribution in [0, 0.1) is 0 Å². The molecule has 116 valence electrons. The zero-order chi connectivity index (χ0) is 15.6. The van der Waals surface area contributed by atoms with E-state index < -0.39 is 0 Å². The fourth-order valence-electron chi connectivity index (χ4n) is 2.78. The summed E-state index contributed by atoms with van der Waals surface area (Å²) in [6.07, 6.45) is 3.40. The van der Waals surface area contributed by atoms with E-state index in [9.17, 15) is 9.59 Å². The Morgan fingerprint density at radius 3 is 2.48 bits per heavy atom. The number of amides is 2. The van der Waals surface area contributed by atoms with E-state index in [1.807, 2.05) is 29.5 Å². The summed E-state index contributed by atoms with van der Waals surface area (Å²) in [5.41, 5.74) is 7.07. The van der Waals surface area contributed by atoms with Crippen LogP contribution in [0.4, 0.5) is 5.69 Å². The van der Waals surface area contributed by atoms with E-state index in [4.69, 9.17) is 5.73 Å². The molecule has 1 saturated heterocycles. The topological polar surface area (TPSA) is 80.4 Å². The standard InChI is InChI=1S/C15H24N4O2/c1-10(2)19-9-12(16)8-14(19)15(21)18-6-4-13(5-7-18)17-11(3)20/h8-10,13H,4-7,16H2,1-3H3,(H,17,20). The summed E-state index contributed by atoms with van der Waals surface area (Å²) < 4.78 is 1.91. The molecule has 0 radical (unpaired) electrons. The highest BCUT2D eigenvalue weighted by molar-refractivity contribution is 5.94. The molecule has 6 heteroatoms. The van der Waals surface area contributed by atoms with Crippen molar-refractivity contribution >= 4 is 17.5 Å². The minimum absolute atomic E-state index is 0.0127. The van der Waals surface area contributed by atoms with Gasteiger partial charge in [-0.2, -0.15) is 0 Å². The van der Waals surface area contributed by atoms with Crippen molar-refractivity contribution in [3.8, 4) is 0 Å². The van der Waals surface area contributed by atoms with Crippen LogP contribution in [-0.2, 0) is 4.79 Å². The number of anilines is 1. The first-order chi connectivity index (χ1) is 9.88. The Morgan fingerprint density at radius 1 is 1.33 bits per heavy atom. The average molecular weight is 292 g/mol. The first kappa shape index (κ1) is 15.4. The van der Waals surface area contributed by atoms with E-state index in [1.165, 1.54) is 6.92 Å². The average Bonchev–Trinajstić information content (AvgIpc) is 2.80. The van der Waals surface area contributed by atoms with Crippen molar-refractivity contribution in [2.45, 2.75) is 45.7 Å². The molecular weight excluding hydrogens is 268 g/mol. The number of nitrogen functional groups attached to an aromatic ring is 1. The molecule has 0 aromatic carbocycles. The Balaban J connectivity index is 2.04. The SMILES string of the molecule is CC(=O)NC1CCN(C(=O)c2cc(N)cn2C(C)C)CC1. The molecule has 2 amide bonds. The zero-order valence-electron chi connectivity index (χ0n) is 12.9. The smallest absolute Gasteiger partial charge is 0.270 e. The van der Waals surface area contributed by atoms with Crippen molar-refractivity contribution in [1.29, 1.82) is 0 Å². The summed E-state index contributed by atoms with van der Waals surface area (Å²) in [4.78, 5) is 25.5. The van der Waals surface area contributed by atoms with Gasteiger partial charge in [0.25, 0.3) is 5.91 Å². The van der Waals surface area contributed by atoms with Gasteiger partial charge in [0.2, 0.25) is 5.91 Å². The molecule has 0 spiro atoms. The number of hydrogen-bond donors (Lipinski definition) is 2. The zero-order valence-corrected chi connectivity index (χ0v) is 12.9. The van der Waals surface area contributed by atoms with Crippen molar-refractivity contribution in [3.63, 3.8) is 0 Å². The molecular formula is C15H24N4O2. The van der Waals surface area contributed by atoms with Crippen molar-refractivity contribution in [2.75, 3.05) is 18.8 Å². The Morgan fingerprint density at radius 2 is 1.95 bits per heavy atom. The molecule has 1 aromatic heterocycles. The van der Waals surface area contributed by atoms with Crippen molar-refractivity contribution in [3.05, 3.63) is 18.0 Å². The molecule has 0 atom stereocenters. The van der Waals surface area contributed by atoms with Crippen LogP contribution in [0.15, 0.2) is 12.3 Å². The lowest BCUT2D eigenvalue weighted by Gasteiger charge is -2.32. The highest BCUT2D eigenvalue weighted by Gasteiger charge is 2.26. The molecule has 0 aliphatic carbocycles. The van der Waals surface area contributed by atoms with E-state index >= 15 is 0 Å². The lowest BCUT2D eigenvalue weighted by molar-refractivity contribution is -0.119. The van der Waals surface area contributed by atoms with Gasteiger partial charge in [0.15, 0.2) is 0 Å². The van der Waals surface area contributed by atoms with E-state index in [0.29, 0.717) is 24.5 Å². The predicted molar refractivity (Wildman–Crippen MR) is 82.0 cm³/mol. The van der Waals surface area contributed by atoms with E-state index in [-0.39, 0.29) is 23.9 Å². The van der Waals surface area contributed by atoms with Crippen LogP contribution in [0.5, 0.6) is 0 Å². The van der Waals surface area contributed by atoms with Gasteiger partial charge in [0.1, 0.15) is 5.69 Å². The molecule has 6 nitrogen and oxygen atoms in total. The molecule has 0 unspecified atom stereocenters. The third-order valence-electron chi connectivity index (χ3n) is 3.83. The van der Waals surface area contributed by atoms with Crippen molar-refractivity contribution < 1.29 is 9.59 Å². The van der Waals surface area contributed by atoms with Gasteiger partial charge in [-0.25, -0.2) is 0 Å². The molecule has 2 heterocycles. The predicted octanol–water partition coefficient (Wildman–Crippen LogP) is 1.39. The molecule has 0 saturated carbocycles. The fourth-order valence-corrected chi connectivity index (χ4v) is 2.78. The summed E-state index contributed by atoms with van der Waals surface area (Å²) in [5, 5.41) is 2.91. The molecule has 0 bridgehead atoms. The van der Waals surface area contributed by atoms with Crippen LogP contribution in [0.1, 0.15) is 50.1 Å². The lowest BCUT2D eigenvalue weighted by Crippen LogP contribution is -2.46. The summed E-state index contributed by atoms with van der Waals surface area (Å²) in [7, 11) is 0. The third kappa shape index (κ3) is 3.56. The molecule has 3 N–H and O–H groups in total. The molecule has 21 heavy (non-hydrogen) atoms. The number of carbonyl (C=O) groups is 2. The number of nitrogens with zero attached hydrogens (tertiary/aromatic N) is 2. The van der Waals surface area contributed by atoms with Crippen molar-refractivity contribution in [1.82, 2.24) is 14.8 Å². The maximum absolute atomic E-state index is 12.6. The number of rotatable bonds is 3. The Hall–Kier alpha value is -1.98. The van der Waals surface area contributed by atoms with Gasteiger partial charge < -0.3 is 20.5 Å². The van der Waals surface area contributed by atoms with Gasteiger partial charge in [-0.15, -0.1) is 0 Å². The lowest BCUT2D eigenvalue weighted by atomic mass is 10.0.